The molecule has 136 valence electrons. The smallest absolute Gasteiger partial charge is 0.230 e. The number of hydrogen-bond acceptors (Lipinski definition) is 2. The monoisotopic (exact) mass is 342 g/mol. The molecule has 0 radical (unpaired) electrons. The van der Waals surface area contributed by atoms with E-state index >= 15 is 0 Å². The number of benzene rings is 1. The number of amides is 2. The highest BCUT2D eigenvalue weighted by Gasteiger charge is 2.40. The fraction of sp³-hybridized carbons (Fsp3) is 0.524. The third kappa shape index (κ3) is 4.50. The van der Waals surface area contributed by atoms with E-state index < -0.39 is 10.8 Å². The van der Waals surface area contributed by atoms with Crippen LogP contribution in [-0.4, -0.2) is 18.4 Å². The zero-order valence-electron chi connectivity index (χ0n) is 15.7. The van der Waals surface area contributed by atoms with Gasteiger partial charge in [0.2, 0.25) is 11.8 Å². The Kier molecular flexibility index (Phi) is 6.04. The lowest BCUT2D eigenvalue weighted by Crippen LogP contribution is -2.45. The number of hydrogen-bond donors (Lipinski definition) is 2. The predicted octanol–water partition coefficient (Wildman–Crippen LogP) is 4.18. The van der Waals surface area contributed by atoms with Gasteiger partial charge >= 0.3 is 0 Å². The average Bonchev–Trinajstić information content (AvgIpc) is 2.60. The Morgan fingerprint density at radius 1 is 1.12 bits per heavy atom. The third-order valence-corrected chi connectivity index (χ3v) is 4.93. The van der Waals surface area contributed by atoms with E-state index in [1.165, 1.54) is 6.42 Å². The van der Waals surface area contributed by atoms with Crippen molar-refractivity contribution in [1.82, 2.24) is 5.32 Å². The summed E-state index contributed by atoms with van der Waals surface area (Å²) in [7, 11) is 0. The Balaban J connectivity index is 2.22. The molecule has 1 aromatic carbocycles. The Morgan fingerprint density at radius 2 is 1.72 bits per heavy atom. The van der Waals surface area contributed by atoms with Crippen molar-refractivity contribution in [2.24, 2.45) is 5.41 Å². The number of anilines is 1. The highest BCUT2D eigenvalue weighted by Crippen LogP contribution is 2.40. The normalized spacial score (nSPS) is 16.8. The van der Waals surface area contributed by atoms with Gasteiger partial charge in [0, 0.05) is 17.6 Å². The molecule has 2 N–H and O–H groups in total. The summed E-state index contributed by atoms with van der Waals surface area (Å²) in [4.78, 5) is 25.0. The van der Waals surface area contributed by atoms with Gasteiger partial charge in [-0.1, -0.05) is 58.2 Å². The van der Waals surface area contributed by atoms with Crippen LogP contribution in [0.2, 0.25) is 0 Å². The maximum atomic E-state index is 12.8. The summed E-state index contributed by atoms with van der Waals surface area (Å²) < 4.78 is 0. The molecule has 1 fully saturated rings. The van der Waals surface area contributed by atoms with Crippen LogP contribution in [0, 0.1) is 5.41 Å². The van der Waals surface area contributed by atoms with Crippen LogP contribution in [0.5, 0.6) is 0 Å². The molecule has 1 aliphatic carbocycles. The largest absolute Gasteiger partial charge is 0.352 e. The standard InChI is InChI=1S/C21H30N2O2/c1-5-15-22-19(25)21(13-7-6-8-14-21)16-9-11-17(12-10-16)23-18(24)20(2,3)4/h5,9-12H,1,6-8,13-15H2,2-4H3,(H,22,25)(H,23,24). The first kappa shape index (κ1) is 19.2. The highest BCUT2D eigenvalue weighted by atomic mass is 16.2. The second-order valence-corrected chi connectivity index (χ2v) is 7.92. The first-order chi connectivity index (χ1) is 11.8. The molecule has 4 nitrogen and oxygen atoms in total. The Labute approximate surface area is 151 Å². The van der Waals surface area contributed by atoms with Gasteiger partial charge in [-0.2, -0.15) is 0 Å². The van der Waals surface area contributed by atoms with Gasteiger partial charge in [-0.25, -0.2) is 0 Å². The van der Waals surface area contributed by atoms with Gasteiger partial charge in [0.15, 0.2) is 0 Å². The molecule has 0 unspecified atom stereocenters. The van der Waals surface area contributed by atoms with Crippen LogP contribution < -0.4 is 10.6 Å². The van der Waals surface area contributed by atoms with Crippen molar-refractivity contribution in [2.75, 3.05) is 11.9 Å². The zero-order valence-corrected chi connectivity index (χ0v) is 15.7. The van der Waals surface area contributed by atoms with Crippen LogP contribution in [-0.2, 0) is 15.0 Å². The lowest BCUT2D eigenvalue weighted by Gasteiger charge is -2.36. The second kappa shape index (κ2) is 7.85. The zero-order chi connectivity index (χ0) is 18.5. The van der Waals surface area contributed by atoms with E-state index in [-0.39, 0.29) is 11.8 Å². The van der Waals surface area contributed by atoms with Crippen LogP contribution in [0.15, 0.2) is 36.9 Å². The van der Waals surface area contributed by atoms with Gasteiger partial charge in [0.25, 0.3) is 0 Å². The molecule has 1 aliphatic rings. The summed E-state index contributed by atoms with van der Waals surface area (Å²) in [6.07, 6.45) is 6.73. The number of rotatable bonds is 5. The molecule has 2 amide bonds. The SMILES string of the molecule is C=CCNC(=O)C1(c2ccc(NC(=O)C(C)(C)C)cc2)CCCCC1. The van der Waals surface area contributed by atoms with E-state index in [1.807, 2.05) is 45.0 Å². The minimum absolute atomic E-state index is 0.0173. The highest BCUT2D eigenvalue weighted by molar-refractivity contribution is 5.94. The van der Waals surface area contributed by atoms with Crippen LogP contribution in [0.4, 0.5) is 5.69 Å². The molecule has 0 aliphatic heterocycles. The van der Waals surface area contributed by atoms with Gasteiger partial charge in [-0.05, 0) is 30.5 Å². The topological polar surface area (TPSA) is 58.2 Å². The summed E-state index contributed by atoms with van der Waals surface area (Å²) in [5.74, 6) is 0.0648. The summed E-state index contributed by atoms with van der Waals surface area (Å²) in [6, 6.07) is 7.76. The molecule has 0 saturated heterocycles. The van der Waals surface area contributed by atoms with Crippen molar-refractivity contribution in [3.63, 3.8) is 0 Å². The number of nitrogens with one attached hydrogen (secondary N) is 2. The predicted molar refractivity (Wildman–Crippen MR) is 102 cm³/mol. The summed E-state index contributed by atoms with van der Waals surface area (Å²) in [5.41, 5.74) is 0.894. The summed E-state index contributed by atoms with van der Waals surface area (Å²) in [5, 5.41) is 5.92. The van der Waals surface area contributed by atoms with Gasteiger partial charge < -0.3 is 10.6 Å². The van der Waals surface area contributed by atoms with E-state index in [1.54, 1.807) is 6.08 Å². The van der Waals surface area contributed by atoms with Gasteiger partial charge in [0.1, 0.15) is 0 Å². The third-order valence-electron chi connectivity index (χ3n) is 4.93. The Bertz CT molecular complexity index is 620. The molecule has 25 heavy (non-hydrogen) atoms. The van der Waals surface area contributed by atoms with Crippen molar-refractivity contribution in [3.8, 4) is 0 Å². The van der Waals surface area contributed by atoms with E-state index in [9.17, 15) is 9.59 Å². The number of carbonyl (C=O) groups is 2. The quantitative estimate of drug-likeness (QED) is 0.789. The lowest BCUT2D eigenvalue weighted by molar-refractivity contribution is -0.128. The van der Waals surface area contributed by atoms with Crippen molar-refractivity contribution >= 4 is 17.5 Å². The molecular weight excluding hydrogens is 312 g/mol. The Morgan fingerprint density at radius 3 is 2.24 bits per heavy atom. The molecule has 0 bridgehead atoms. The molecule has 1 saturated carbocycles. The molecule has 0 aromatic heterocycles. The molecule has 2 rings (SSSR count). The first-order valence-electron chi connectivity index (χ1n) is 9.11. The number of carbonyl (C=O) groups excluding carboxylic acids is 2. The van der Waals surface area contributed by atoms with Crippen LogP contribution in [0.3, 0.4) is 0 Å². The molecule has 0 spiro atoms. The molecule has 4 heteroatoms. The molecular formula is C21H30N2O2. The van der Waals surface area contributed by atoms with Gasteiger partial charge in [0.05, 0.1) is 5.41 Å². The van der Waals surface area contributed by atoms with E-state index in [0.717, 1.165) is 36.9 Å². The first-order valence-corrected chi connectivity index (χ1v) is 9.11. The lowest BCUT2D eigenvalue weighted by atomic mass is 9.68. The van der Waals surface area contributed by atoms with Crippen LogP contribution >= 0.6 is 0 Å². The fourth-order valence-corrected chi connectivity index (χ4v) is 3.33. The van der Waals surface area contributed by atoms with Crippen molar-refractivity contribution in [1.29, 1.82) is 0 Å². The molecule has 1 aromatic rings. The van der Waals surface area contributed by atoms with E-state index in [2.05, 4.69) is 17.2 Å². The summed E-state index contributed by atoms with van der Waals surface area (Å²) in [6.45, 7) is 9.82. The molecule has 0 heterocycles. The molecule has 0 atom stereocenters. The minimum Gasteiger partial charge on any atom is -0.352 e. The van der Waals surface area contributed by atoms with Crippen molar-refractivity contribution < 1.29 is 9.59 Å². The van der Waals surface area contributed by atoms with Crippen molar-refractivity contribution in [3.05, 3.63) is 42.5 Å². The summed E-state index contributed by atoms with van der Waals surface area (Å²) >= 11 is 0. The van der Waals surface area contributed by atoms with E-state index in [0.29, 0.717) is 6.54 Å². The second-order valence-electron chi connectivity index (χ2n) is 7.92. The van der Waals surface area contributed by atoms with Crippen LogP contribution in [0.25, 0.3) is 0 Å². The van der Waals surface area contributed by atoms with Gasteiger partial charge in [-0.15, -0.1) is 6.58 Å². The average molecular weight is 342 g/mol. The van der Waals surface area contributed by atoms with E-state index in [4.69, 9.17) is 0 Å². The van der Waals surface area contributed by atoms with Crippen molar-refractivity contribution in [2.45, 2.75) is 58.3 Å². The maximum Gasteiger partial charge on any atom is 0.230 e. The maximum absolute atomic E-state index is 12.8. The fourth-order valence-electron chi connectivity index (χ4n) is 3.33. The van der Waals surface area contributed by atoms with Crippen LogP contribution in [0.1, 0.15) is 58.4 Å². The minimum atomic E-state index is -0.464. The Hall–Kier alpha value is -2.10. The van der Waals surface area contributed by atoms with Gasteiger partial charge in [-0.3, -0.25) is 9.59 Å².